The van der Waals surface area contributed by atoms with E-state index in [0.717, 1.165) is 36.1 Å². The highest BCUT2D eigenvalue weighted by atomic mass is 79.9. The van der Waals surface area contributed by atoms with Gasteiger partial charge in [0.15, 0.2) is 0 Å². The molecule has 1 aromatic rings. The predicted octanol–water partition coefficient (Wildman–Crippen LogP) is 3.01. The molecule has 0 bridgehead atoms. The second kappa shape index (κ2) is 6.38. The first-order chi connectivity index (χ1) is 9.52. The molecule has 0 spiro atoms. The maximum Gasteiger partial charge on any atom is 0.238 e. The summed E-state index contributed by atoms with van der Waals surface area (Å²) >= 11 is 3.41. The number of piperidine rings is 1. The molecule has 106 valence electrons. The largest absolute Gasteiger partial charge is 0.324 e. The molecule has 0 aromatic heterocycles. The Bertz CT molecular complexity index is 530. The van der Waals surface area contributed by atoms with E-state index in [4.69, 9.17) is 5.26 Å². The minimum absolute atomic E-state index is 0.0162. The van der Waals surface area contributed by atoms with Crippen LogP contribution in [0.2, 0.25) is 0 Å². The van der Waals surface area contributed by atoms with Crippen LogP contribution in [0.5, 0.6) is 0 Å². The Balaban J connectivity index is 1.85. The lowest BCUT2D eigenvalue weighted by Gasteiger charge is -2.34. The molecule has 1 aliphatic heterocycles. The zero-order valence-corrected chi connectivity index (χ0v) is 13.1. The lowest BCUT2D eigenvalue weighted by atomic mass is 9.82. The summed E-state index contributed by atoms with van der Waals surface area (Å²) in [5.41, 5.74) is 0.562. The fraction of sp³-hybridized carbons (Fsp3) is 0.467. The Morgan fingerprint density at radius 2 is 2.10 bits per heavy atom. The minimum atomic E-state index is -0.227. The number of nitriles is 1. The first kappa shape index (κ1) is 15.0. The first-order valence-electron chi connectivity index (χ1n) is 6.70. The van der Waals surface area contributed by atoms with E-state index in [1.165, 1.54) is 0 Å². The number of nitrogens with one attached hydrogen (secondary N) is 1. The molecule has 0 unspecified atom stereocenters. The summed E-state index contributed by atoms with van der Waals surface area (Å²) in [7, 11) is 0. The number of halogens is 1. The van der Waals surface area contributed by atoms with E-state index in [0.29, 0.717) is 6.54 Å². The molecule has 2 rings (SSSR count). The van der Waals surface area contributed by atoms with E-state index in [1.807, 2.05) is 31.2 Å². The molecule has 1 amide bonds. The summed E-state index contributed by atoms with van der Waals surface area (Å²) in [5, 5.41) is 12.0. The number of amides is 1. The zero-order valence-electron chi connectivity index (χ0n) is 11.5. The van der Waals surface area contributed by atoms with E-state index in [-0.39, 0.29) is 11.3 Å². The van der Waals surface area contributed by atoms with Gasteiger partial charge in [-0.15, -0.1) is 0 Å². The van der Waals surface area contributed by atoms with Crippen LogP contribution in [0, 0.1) is 16.7 Å². The second-order valence-corrected chi connectivity index (χ2v) is 6.33. The summed E-state index contributed by atoms with van der Waals surface area (Å²) in [5.74, 6) is -0.0162. The van der Waals surface area contributed by atoms with Gasteiger partial charge in [0.1, 0.15) is 0 Å². The van der Waals surface area contributed by atoms with Crippen LogP contribution in [0.15, 0.2) is 28.7 Å². The van der Waals surface area contributed by atoms with Crippen molar-refractivity contribution in [2.45, 2.75) is 19.8 Å². The summed E-state index contributed by atoms with van der Waals surface area (Å²) in [6.07, 6.45) is 1.65. The number of anilines is 1. The lowest BCUT2D eigenvalue weighted by molar-refractivity contribution is -0.117. The molecule has 20 heavy (non-hydrogen) atoms. The molecule has 5 heteroatoms. The van der Waals surface area contributed by atoms with Gasteiger partial charge in [0.25, 0.3) is 0 Å². The van der Waals surface area contributed by atoms with Crippen molar-refractivity contribution in [3.05, 3.63) is 28.7 Å². The van der Waals surface area contributed by atoms with Crippen molar-refractivity contribution in [3.63, 3.8) is 0 Å². The molecule has 1 N–H and O–H groups in total. The van der Waals surface area contributed by atoms with Gasteiger partial charge in [0, 0.05) is 17.6 Å². The van der Waals surface area contributed by atoms with Gasteiger partial charge < -0.3 is 5.32 Å². The molecule has 1 aromatic carbocycles. The molecule has 0 atom stereocenters. The molecule has 1 aliphatic rings. The number of para-hydroxylation sites is 1. The van der Waals surface area contributed by atoms with E-state index >= 15 is 0 Å². The third-order valence-electron chi connectivity index (χ3n) is 3.74. The third-order valence-corrected chi connectivity index (χ3v) is 4.44. The number of carbonyl (C=O) groups excluding carboxylic acids is 1. The van der Waals surface area contributed by atoms with Gasteiger partial charge in [0.2, 0.25) is 5.91 Å². The maximum atomic E-state index is 12.0. The van der Waals surface area contributed by atoms with Crippen LogP contribution in [-0.2, 0) is 4.79 Å². The molecule has 0 aliphatic carbocycles. The van der Waals surface area contributed by atoms with Gasteiger partial charge >= 0.3 is 0 Å². The van der Waals surface area contributed by atoms with E-state index in [2.05, 4.69) is 32.2 Å². The lowest BCUT2D eigenvalue weighted by Crippen LogP contribution is -2.42. The molecule has 0 saturated carbocycles. The molecular weight excluding hydrogens is 318 g/mol. The van der Waals surface area contributed by atoms with Crippen molar-refractivity contribution < 1.29 is 4.79 Å². The maximum absolute atomic E-state index is 12.0. The van der Waals surface area contributed by atoms with Crippen LogP contribution < -0.4 is 5.32 Å². The molecule has 1 saturated heterocycles. The molecule has 0 radical (unpaired) electrons. The standard InChI is InChI=1S/C15H18BrN3O/c1-15(11-17)6-8-19(9-7-15)10-14(20)18-13-5-3-2-4-12(13)16/h2-5H,6-10H2,1H3,(H,18,20). The highest BCUT2D eigenvalue weighted by molar-refractivity contribution is 9.10. The first-order valence-corrected chi connectivity index (χ1v) is 7.50. The van der Waals surface area contributed by atoms with Crippen LogP contribution in [0.25, 0.3) is 0 Å². The Morgan fingerprint density at radius 1 is 1.45 bits per heavy atom. The van der Waals surface area contributed by atoms with Gasteiger partial charge in [-0.05, 0) is 47.8 Å². The Kier molecular flexibility index (Phi) is 4.79. The normalized spacial score (nSPS) is 18.2. The zero-order chi connectivity index (χ0) is 14.6. The van der Waals surface area contributed by atoms with Crippen molar-refractivity contribution in [3.8, 4) is 6.07 Å². The predicted molar refractivity (Wildman–Crippen MR) is 82.2 cm³/mol. The average Bonchev–Trinajstić information content (AvgIpc) is 2.44. The number of benzene rings is 1. The van der Waals surface area contributed by atoms with Crippen molar-refractivity contribution in [1.29, 1.82) is 5.26 Å². The van der Waals surface area contributed by atoms with Gasteiger partial charge in [-0.3, -0.25) is 9.69 Å². The second-order valence-electron chi connectivity index (χ2n) is 5.48. The quantitative estimate of drug-likeness (QED) is 0.923. The van der Waals surface area contributed by atoms with Gasteiger partial charge in [-0.1, -0.05) is 12.1 Å². The summed E-state index contributed by atoms with van der Waals surface area (Å²) in [6, 6.07) is 9.93. The fourth-order valence-corrected chi connectivity index (χ4v) is 2.66. The number of nitrogens with zero attached hydrogens (tertiary/aromatic N) is 2. The van der Waals surface area contributed by atoms with Crippen molar-refractivity contribution >= 4 is 27.5 Å². The highest BCUT2D eigenvalue weighted by Gasteiger charge is 2.30. The molecule has 4 nitrogen and oxygen atoms in total. The Morgan fingerprint density at radius 3 is 2.70 bits per heavy atom. The average molecular weight is 336 g/mol. The van der Waals surface area contributed by atoms with Crippen LogP contribution in [-0.4, -0.2) is 30.4 Å². The van der Waals surface area contributed by atoms with Crippen molar-refractivity contribution in [1.82, 2.24) is 4.90 Å². The minimum Gasteiger partial charge on any atom is -0.324 e. The summed E-state index contributed by atoms with van der Waals surface area (Å²) < 4.78 is 0.879. The number of carbonyl (C=O) groups is 1. The summed E-state index contributed by atoms with van der Waals surface area (Å²) in [4.78, 5) is 14.1. The topological polar surface area (TPSA) is 56.1 Å². The molecule has 1 fully saturated rings. The van der Waals surface area contributed by atoms with Crippen LogP contribution in [0.3, 0.4) is 0 Å². The van der Waals surface area contributed by atoms with E-state index < -0.39 is 0 Å². The highest BCUT2D eigenvalue weighted by Crippen LogP contribution is 2.29. The Labute approximate surface area is 127 Å². The van der Waals surface area contributed by atoms with Crippen LogP contribution in [0.1, 0.15) is 19.8 Å². The van der Waals surface area contributed by atoms with Crippen molar-refractivity contribution in [2.75, 3.05) is 25.0 Å². The smallest absolute Gasteiger partial charge is 0.238 e. The van der Waals surface area contributed by atoms with Gasteiger partial charge in [0.05, 0.1) is 23.7 Å². The van der Waals surface area contributed by atoms with E-state index in [9.17, 15) is 4.79 Å². The Hall–Kier alpha value is -1.38. The number of hydrogen-bond acceptors (Lipinski definition) is 3. The SMILES string of the molecule is CC1(C#N)CCN(CC(=O)Nc2ccccc2Br)CC1. The number of rotatable bonds is 3. The van der Waals surface area contributed by atoms with Gasteiger partial charge in [-0.25, -0.2) is 0 Å². The number of likely N-dealkylation sites (tertiary alicyclic amines) is 1. The van der Waals surface area contributed by atoms with E-state index in [1.54, 1.807) is 0 Å². The fourth-order valence-electron chi connectivity index (χ4n) is 2.27. The van der Waals surface area contributed by atoms with Crippen molar-refractivity contribution in [2.24, 2.45) is 5.41 Å². The van der Waals surface area contributed by atoms with Gasteiger partial charge in [-0.2, -0.15) is 5.26 Å². The molecular formula is C15H18BrN3O. The number of hydrogen-bond donors (Lipinski definition) is 1. The summed E-state index contributed by atoms with van der Waals surface area (Å²) in [6.45, 7) is 3.97. The third kappa shape index (κ3) is 3.81. The van der Waals surface area contributed by atoms with Crippen LogP contribution >= 0.6 is 15.9 Å². The molecule has 1 heterocycles. The van der Waals surface area contributed by atoms with Crippen LogP contribution in [0.4, 0.5) is 5.69 Å². The monoisotopic (exact) mass is 335 g/mol.